The van der Waals surface area contributed by atoms with Crippen LogP contribution in [0.5, 0.6) is 0 Å². The third-order valence-electron chi connectivity index (χ3n) is 4.39. The van der Waals surface area contributed by atoms with Crippen molar-refractivity contribution in [3.8, 4) is 0 Å². The molecule has 2 aromatic heterocycles. The van der Waals surface area contributed by atoms with E-state index in [4.69, 9.17) is 0 Å². The topological polar surface area (TPSA) is 58.0 Å². The minimum Gasteiger partial charge on any atom is -0.339 e. The largest absolute Gasteiger partial charge is 0.339 e. The molecule has 0 aromatic carbocycles. The van der Waals surface area contributed by atoms with Crippen molar-refractivity contribution >= 4 is 17.7 Å². The Balaban J connectivity index is 1.53. The first-order valence-corrected chi connectivity index (χ1v) is 9.84. The normalized spacial score (nSPS) is 17.3. The van der Waals surface area contributed by atoms with Crippen LogP contribution in [-0.4, -0.2) is 56.3 Å². The van der Waals surface area contributed by atoms with Crippen molar-refractivity contribution in [3.05, 3.63) is 36.4 Å². The zero-order chi connectivity index (χ0) is 17.5. The van der Waals surface area contributed by atoms with Crippen molar-refractivity contribution in [3.63, 3.8) is 0 Å². The van der Waals surface area contributed by atoms with Gasteiger partial charge in [-0.15, -0.1) is 0 Å². The Bertz CT molecular complexity index is 636. The van der Waals surface area contributed by atoms with Gasteiger partial charge in [0.2, 0.25) is 5.95 Å². The third kappa shape index (κ3) is 5.37. The number of aromatic nitrogens is 4. The monoisotopic (exact) mass is 358 g/mol. The molecule has 25 heavy (non-hydrogen) atoms. The van der Waals surface area contributed by atoms with Gasteiger partial charge in [0, 0.05) is 68.3 Å². The van der Waals surface area contributed by atoms with Crippen LogP contribution in [0.2, 0.25) is 0 Å². The molecular formula is C18H26N6S. The molecule has 1 aliphatic rings. The first-order chi connectivity index (χ1) is 12.2. The molecular weight excluding hydrogens is 332 g/mol. The maximum absolute atomic E-state index is 4.51. The van der Waals surface area contributed by atoms with E-state index in [1.807, 2.05) is 18.5 Å². The average Bonchev–Trinajstić information content (AvgIpc) is 2.89. The summed E-state index contributed by atoms with van der Waals surface area (Å²) >= 11 is 1.74. The molecule has 1 atom stereocenters. The highest BCUT2D eigenvalue weighted by Crippen LogP contribution is 2.21. The minimum atomic E-state index is 0.558. The van der Waals surface area contributed by atoms with E-state index in [0.29, 0.717) is 5.25 Å². The molecule has 0 amide bonds. The smallest absolute Gasteiger partial charge is 0.225 e. The summed E-state index contributed by atoms with van der Waals surface area (Å²) in [4.78, 5) is 22.5. The Morgan fingerprint density at radius 3 is 2.52 bits per heavy atom. The van der Waals surface area contributed by atoms with Crippen LogP contribution < -0.4 is 4.90 Å². The van der Waals surface area contributed by atoms with Gasteiger partial charge in [-0.1, -0.05) is 25.6 Å². The molecule has 1 unspecified atom stereocenters. The molecule has 0 N–H and O–H groups in total. The number of rotatable bonds is 6. The molecule has 3 rings (SSSR count). The predicted octanol–water partition coefficient (Wildman–Crippen LogP) is 2.87. The summed E-state index contributed by atoms with van der Waals surface area (Å²) in [6.07, 6.45) is 9.80. The second kappa shape index (κ2) is 9.10. The van der Waals surface area contributed by atoms with E-state index in [-0.39, 0.29) is 0 Å². The molecule has 0 radical (unpaired) electrons. The third-order valence-corrected chi connectivity index (χ3v) is 5.55. The first kappa shape index (κ1) is 18.1. The summed E-state index contributed by atoms with van der Waals surface area (Å²) in [5.41, 5.74) is 1.18. The predicted molar refractivity (Wildman–Crippen MR) is 102 cm³/mol. The fourth-order valence-corrected chi connectivity index (χ4v) is 3.54. The summed E-state index contributed by atoms with van der Waals surface area (Å²) in [5.74, 6) is 0.833. The summed E-state index contributed by atoms with van der Waals surface area (Å²) in [6.45, 7) is 9.33. The lowest BCUT2D eigenvalue weighted by atomic mass is 10.3. The van der Waals surface area contributed by atoms with Crippen LogP contribution in [-0.2, 0) is 6.54 Å². The fraction of sp³-hybridized carbons (Fsp3) is 0.556. The molecule has 1 fully saturated rings. The molecule has 0 saturated carbocycles. The zero-order valence-corrected chi connectivity index (χ0v) is 15.8. The molecule has 134 valence electrons. The van der Waals surface area contributed by atoms with Crippen LogP contribution in [0.15, 0.2) is 36.0 Å². The van der Waals surface area contributed by atoms with Crippen molar-refractivity contribution < 1.29 is 0 Å². The standard InChI is InChI=1S/C18H26N6S/c1-3-15(2)25-18-21-12-16(13-22-18)14-23-8-5-9-24(11-10-23)17-19-6-4-7-20-17/h4,6-7,12-13,15H,3,5,8-11,14H2,1-2H3. The van der Waals surface area contributed by atoms with E-state index >= 15 is 0 Å². The molecule has 0 aliphatic carbocycles. The summed E-state index contributed by atoms with van der Waals surface area (Å²) in [5, 5.41) is 1.43. The van der Waals surface area contributed by atoms with Gasteiger partial charge in [-0.3, -0.25) is 4.90 Å². The SMILES string of the molecule is CCC(C)Sc1ncc(CN2CCCN(c3ncccn3)CC2)cn1. The maximum atomic E-state index is 4.51. The summed E-state index contributed by atoms with van der Waals surface area (Å²) in [7, 11) is 0. The van der Waals surface area contributed by atoms with Gasteiger partial charge in [-0.2, -0.15) is 0 Å². The summed E-state index contributed by atoms with van der Waals surface area (Å²) in [6, 6.07) is 1.86. The Labute approximate surface area is 154 Å². The Morgan fingerprint density at radius 1 is 1.04 bits per heavy atom. The van der Waals surface area contributed by atoms with E-state index in [9.17, 15) is 0 Å². The van der Waals surface area contributed by atoms with Crippen LogP contribution in [0.4, 0.5) is 5.95 Å². The number of thioether (sulfide) groups is 1. The van der Waals surface area contributed by atoms with Crippen LogP contribution >= 0.6 is 11.8 Å². The number of nitrogens with zero attached hydrogens (tertiary/aromatic N) is 6. The van der Waals surface area contributed by atoms with Crippen molar-refractivity contribution in [1.29, 1.82) is 0 Å². The van der Waals surface area contributed by atoms with E-state index in [2.05, 4.69) is 43.6 Å². The quantitative estimate of drug-likeness (QED) is 0.581. The number of hydrogen-bond acceptors (Lipinski definition) is 7. The lowest BCUT2D eigenvalue weighted by molar-refractivity contribution is 0.284. The van der Waals surface area contributed by atoms with E-state index in [1.54, 1.807) is 24.2 Å². The number of anilines is 1. The van der Waals surface area contributed by atoms with Crippen LogP contribution in [0, 0.1) is 0 Å². The Kier molecular flexibility index (Phi) is 6.58. The van der Waals surface area contributed by atoms with Gasteiger partial charge in [0.1, 0.15) is 0 Å². The second-order valence-corrected chi connectivity index (χ2v) is 7.78. The highest BCUT2D eigenvalue weighted by atomic mass is 32.2. The zero-order valence-electron chi connectivity index (χ0n) is 15.0. The summed E-state index contributed by atoms with van der Waals surface area (Å²) < 4.78 is 0. The van der Waals surface area contributed by atoms with Crippen molar-refractivity contribution in [1.82, 2.24) is 24.8 Å². The van der Waals surface area contributed by atoms with Gasteiger partial charge in [0.25, 0.3) is 0 Å². The molecule has 0 bridgehead atoms. The van der Waals surface area contributed by atoms with E-state index < -0.39 is 0 Å². The van der Waals surface area contributed by atoms with E-state index in [0.717, 1.165) is 56.7 Å². The van der Waals surface area contributed by atoms with Crippen LogP contribution in [0.1, 0.15) is 32.3 Å². The molecule has 6 nitrogen and oxygen atoms in total. The number of hydrogen-bond donors (Lipinski definition) is 0. The minimum absolute atomic E-state index is 0.558. The van der Waals surface area contributed by atoms with Crippen LogP contribution in [0.3, 0.4) is 0 Å². The molecule has 1 aliphatic heterocycles. The fourth-order valence-electron chi connectivity index (χ4n) is 2.79. The second-order valence-electron chi connectivity index (χ2n) is 6.38. The van der Waals surface area contributed by atoms with Gasteiger partial charge in [0.15, 0.2) is 5.16 Å². The maximum Gasteiger partial charge on any atom is 0.225 e. The van der Waals surface area contributed by atoms with Crippen LogP contribution in [0.25, 0.3) is 0 Å². The molecule has 3 heterocycles. The van der Waals surface area contributed by atoms with Crippen molar-refractivity contribution in [2.24, 2.45) is 0 Å². The Hall–Kier alpha value is -1.73. The average molecular weight is 359 g/mol. The highest BCUT2D eigenvalue weighted by Gasteiger charge is 2.17. The van der Waals surface area contributed by atoms with E-state index in [1.165, 1.54) is 5.56 Å². The van der Waals surface area contributed by atoms with Gasteiger partial charge in [0.05, 0.1) is 0 Å². The molecule has 0 spiro atoms. The van der Waals surface area contributed by atoms with Gasteiger partial charge >= 0.3 is 0 Å². The highest BCUT2D eigenvalue weighted by molar-refractivity contribution is 7.99. The van der Waals surface area contributed by atoms with Gasteiger partial charge in [-0.25, -0.2) is 19.9 Å². The molecule has 1 saturated heterocycles. The van der Waals surface area contributed by atoms with Gasteiger partial charge < -0.3 is 4.90 Å². The lowest BCUT2D eigenvalue weighted by Gasteiger charge is -2.21. The Morgan fingerprint density at radius 2 is 1.80 bits per heavy atom. The van der Waals surface area contributed by atoms with Gasteiger partial charge in [-0.05, 0) is 18.9 Å². The molecule has 2 aromatic rings. The van der Waals surface area contributed by atoms with Crippen molar-refractivity contribution in [2.45, 2.75) is 43.6 Å². The first-order valence-electron chi connectivity index (χ1n) is 8.96. The lowest BCUT2D eigenvalue weighted by Crippen LogP contribution is -2.31. The molecule has 7 heteroatoms. The van der Waals surface area contributed by atoms with Crippen molar-refractivity contribution in [2.75, 3.05) is 31.1 Å².